The van der Waals surface area contributed by atoms with Crippen LogP contribution in [-0.2, 0) is 11.3 Å². The van der Waals surface area contributed by atoms with Crippen molar-refractivity contribution in [3.8, 4) is 5.75 Å². The molecule has 1 aromatic carbocycles. The fraction of sp³-hybridized carbons (Fsp3) is 0.500. The summed E-state index contributed by atoms with van der Waals surface area (Å²) in [4.78, 5) is 28.0. The fourth-order valence-electron chi connectivity index (χ4n) is 2.11. The van der Waals surface area contributed by atoms with Crippen LogP contribution in [0.25, 0.3) is 0 Å². The third-order valence-corrected chi connectivity index (χ3v) is 3.30. The van der Waals surface area contributed by atoms with Crippen molar-refractivity contribution in [2.45, 2.75) is 32.9 Å². The van der Waals surface area contributed by atoms with Crippen LogP contribution in [0.5, 0.6) is 5.75 Å². The average Bonchev–Trinajstić information content (AvgIpc) is 2.91. The Bertz CT molecular complexity index is 679. The number of nitrogens with zero attached hydrogens (tertiary/aromatic N) is 3. The van der Waals surface area contributed by atoms with Crippen molar-refractivity contribution in [1.82, 2.24) is 4.90 Å². The van der Waals surface area contributed by atoms with Crippen LogP contribution in [-0.4, -0.2) is 47.9 Å². The molecule has 0 aromatic heterocycles. The van der Waals surface area contributed by atoms with E-state index < -0.39 is 16.6 Å². The monoisotopic (exact) mass is 335 g/mol. The highest BCUT2D eigenvalue weighted by molar-refractivity contribution is 5.86. The van der Waals surface area contributed by atoms with Gasteiger partial charge in [0.15, 0.2) is 5.75 Å². The highest BCUT2D eigenvalue weighted by Gasteiger charge is 2.22. The third kappa shape index (κ3) is 4.43. The summed E-state index contributed by atoms with van der Waals surface area (Å²) in [6.07, 6.45) is 1.14. The van der Waals surface area contributed by atoms with E-state index in [0.29, 0.717) is 6.54 Å². The van der Waals surface area contributed by atoms with Crippen LogP contribution in [0.3, 0.4) is 0 Å². The first-order valence-corrected chi connectivity index (χ1v) is 7.55. The van der Waals surface area contributed by atoms with E-state index in [-0.39, 0.29) is 24.6 Å². The maximum atomic E-state index is 11.9. The Morgan fingerprint density at radius 1 is 1.42 bits per heavy atom. The van der Waals surface area contributed by atoms with E-state index in [2.05, 4.69) is 4.99 Å². The summed E-state index contributed by atoms with van der Waals surface area (Å²) < 4.78 is 10.8. The zero-order valence-electron chi connectivity index (χ0n) is 14.2. The molecule has 0 N–H and O–H groups in total. The number of carbonyl (C=O) groups excluding carboxylic acids is 1. The molecule has 0 aliphatic carbocycles. The second kappa shape index (κ2) is 6.86. The quantitative estimate of drug-likeness (QED) is 0.609. The largest absolute Gasteiger partial charge is 0.485 e. The van der Waals surface area contributed by atoms with Crippen LogP contribution >= 0.6 is 0 Å². The average molecular weight is 335 g/mol. The predicted octanol–water partition coefficient (Wildman–Crippen LogP) is 2.77. The Kier molecular flexibility index (Phi) is 5.06. The van der Waals surface area contributed by atoms with Crippen molar-refractivity contribution in [3.05, 3.63) is 33.4 Å². The van der Waals surface area contributed by atoms with E-state index in [1.807, 2.05) is 0 Å². The summed E-state index contributed by atoms with van der Waals surface area (Å²) in [6.45, 7) is 6.21. The van der Waals surface area contributed by atoms with E-state index in [1.165, 1.54) is 11.0 Å². The molecule has 0 fully saturated rings. The lowest BCUT2D eigenvalue weighted by molar-refractivity contribution is -0.385. The minimum Gasteiger partial charge on any atom is -0.485 e. The number of ether oxygens (including phenoxy) is 2. The number of hydrogen-bond acceptors (Lipinski definition) is 6. The molecule has 24 heavy (non-hydrogen) atoms. The highest BCUT2D eigenvalue weighted by atomic mass is 16.6. The number of aliphatic imine (C=N–C) groups is 1. The maximum Gasteiger partial charge on any atom is 0.410 e. The topological polar surface area (TPSA) is 94.3 Å². The van der Waals surface area contributed by atoms with Gasteiger partial charge in [0.05, 0.1) is 18.0 Å². The second-order valence-electron chi connectivity index (χ2n) is 6.50. The van der Waals surface area contributed by atoms with E-state index in [4.69, 9.17) is 9.47 Å². The lowest BCUT2D eigenvalue weighted by Gasteiger charge is -2.24. The maximum absolute atomic E-state index is 11.9. The summed E-state index contributed by atoms with van der Waals surface area (Å²) in [5, 5.41) is 11.2. The number of rotatable bonds is 5. The van der Waals surface area contributed by atoms with Gasteiger partial charge < -0.3 is 14.4 Å². The van der Waals surface area contributed by atoms with Crippen molar-refractivity contribution in [3.63, 3.8) is 0 Å². The first kappa shape index (κ1) is 17.7. The summed E-state index contributed by atoms with van der Waals surface area (Å²) >= 11 is 0. The molecule has 0 radical (unpaired) electrons. The molecule has 1 heterocycles. The van der Waals surface area contributed by atoms with Crippen molar-refractivity contribution in [2.24, 2.45) is 4.99 Å². The normalized spacial score (nSPS) is 12.7. The lowest BCUT2D eigenvalue weighted by atomic mass is 10.1. The van der Waals surface area contributed by atoms with Crippen molar-refractivity contribution in [2.75, 3.05) is 20.2 Å². The molecule has 0 unspecified atom stereocenters. The molecule has 1 aliphatic rings. The molecule has 1 amide bonds. The van der Waals surface area contributed by atoms with Gasteiger partial charge in [-0.05, 0) is 32.4 Å². The number of hydrogen-bond donors (Lipinski definition) is 0. The minimum absolute atomic E-state index is 0.109. The molecule has 8 heteroatoms. The van der Waals surface area contributed by atoms with Crippen LogP contribution in [0.2, 0.25) is 0 Å². The van der Waals surface area contributed by atoms with Crippen molar-refractivity contribution < 1.29 is 19.2 Å². The number of carbonyl (C=O) groups is 1. The molecule has 0 bridgehead atoms. The number of nitro benzene ring substituents is 1. The molecule has 1 aromatic rings. The summed E-state index contributed by atoms with van der Waals surface area (Å²) in [6, 6.07) is 3.09. The van der Waals surface area contributed by atoms with Crippen LogP contribution in [0.4, 0.5) is 10.5 Å². The van der Waals surface area contributed by atoms with E-state index in [1.54, 1.807) is 40.1 Å². The molecule has 0 saturated carbocycles. The number of fused-ring (bicyclic) bond motifs is 1. The van der Waals surface area contributed by atoms with Crippen molar-refractivity contribution >= 4 is 18.0 Å². The Hall–Kier alpha value is -2.64. The van der Waals surface area contributed by atoms with E-state index >= 15 is 0 Å². The smallest absolute Gasteiger partial charge is 0.410 e. The molecule has 0 spiro atoms. The SMILES string of the molecule is CN(CCOc1cc2c(cc1[N+](=O)[O-])C=NC2)C(=O)OC(C)(C)C. The van der Waals surface area contributed by atoms with Gasteiger partial charge in [-0.3, -0.25) is 15.1 Å². The minimum atomic E-state index is -0.578. The van der Waals surface area contributed by atoms with Gasteiger partial charge in [0.2, 0.25) is 0 Å². The zero-order chi connectivity index (χ0) is 17.9. The molecule has 0 atom stereocenters. The van der Waals surface area contributed by atoms with Crippen LogP contribution < -0.4 is 4.74 Å². The summed E-state index contributed by atoms with van der Waals surface area (Å²) in [5.41, 5.74) is 0.934. The van der Waals surface area contributed by atoms with Gasteiger partial charge in [0.1, 0.15) is 12.2 Å². The molecule has 130 valence electrons. The molecular formula is C16H21N3O5. The van der Waals surface area contributed by atoms with E-state index in [0.717, 1.165) is 11.1 Å². The Morgan fingerprint density at radius 3 is 2.75 bits per heavy atom. The van der Waals surface area contributed by atoms with E-state index in [9.17, 15) is 14.9 Å². The zero-order valence-corrected chi connectivity index (χ0v) is 14.2. The highest BCUT2D eigenvalue weighted by Crippen LogP contribution is 2.32. The molecular weight excluding hydrogens is 314 g/mol. The number of amides is 1. The molecule has 0 saturated heterocycles. The summed E-state index contributed by atoms with van der Waals surface area (Å²) in [5.74, 6) is 0.182. The molecule has 8 nitrogen and oxygen atoms in total. The van der Waals surface area contributed by atoms with Gasteiger partial charge in [0, 0.05) is 24.9 Å². The summed E-state index contributed by atoms with van der Waals surface area (Å²) in [7, 11) is 1.59. The number of nitro groups is 1. The second-order valence-corrected chi connectivity index (χ2v) is 6.50. The van der Waals surface area contributed by atoms with Gasteiger partial charge in [0.25, 0.3) is 0 Å². The standard InChI is InChI=1S/C16H21N3O5/c1-16(2,3)24-15(20)18(4)5-6-23-14-8-12-10-17-9-11(12)7-13(14)19(21)22/h7-9H,5-6,10H2,1-4H3. The van der Waals surface area contributed by atoms with Crippen molar-refractivity contribution in [1.29, 1.82) is 0 Å². The predicted molar refractivity (Wildman–Crippen MR) is 88.8 cm³/mol. The van der Waals surface area contributed by atoms with Gasteiger partial charge >= 0.3 is 11.8 Å². The third-order valence-electron chi connectivity index (χ3n) is 3.30. The Morgan fingerprint density at radius 2 is 2.12 bits per heavy atom. The van der Waals surface area contributed by atoms with Gasteiger partial charge in [-0.2, -0.15) is 0 Å². The van der Waals surface area contributed by atoms with Crippen LogP contribution in [0.1, 0.15) is 31.9 Å². The first-order valence-electron chi connectivity index (χ1n) is 7.55. The Balaban J connectivity index is 1.97. The lowest BCUT2D eigenvalue weighted by Crippen LogP contribution is -2.36. The van der Waals surface area contributed by atoms with Gasteiger partial charge in [-0.15, -0.1) is 0 Å². The fourth-order valence-corrected chi connectivity index (χ4v) is 2.11. The Labute approximate surface area is 140 Å². The van der Waals surface area contributed by atoms with Gasteiger partial charge in [-0.1, -0.05) is 0 Å². The number of likely N-dealkylation sites (N-methyl/N-ethyl adjacent to an activating group) is 1. The molecule has 1 aliphatic heterocycles. The molecule has 2 rings (SSSR count). The van der Waals surface area contributed by atoms with Crippen LogP contribution in [0.15, 0.2) is 17.1 Å². The number of benzene rings is 1. The van der Waals surface area contributed by atoms with Crippen LogP contribution in [0, 0.1) is 10.1 Å². The van der Waals surface area contributed by atoms with Gasteiger partial charge in [-0.25, -0.2) is 4.79 Å². The first-order chi connectivity index (χ1) is 11.2.